The monoisotopic (exact) mass is 338 g/mol. The number of carboxylic acid groups (broad SMARTS) is 1. The summed E-state index contributed by atoms with van der Waals surface area (Å²) in [5, 5.41) is 17.0. The summed E-state index contributed by atoms with van der Waals surface area (Å²) >= 11 is 0. The Bertz CT molecular complexity index is 917. The Kier molecular flexibility index (Phi) is 4.38. The molecule has 0 aliphatic carbocycles. The summed E-state index contributed by atoms with van der Waals surface area (Å²) in [5.41, 5.74) is 3.85. The van der Waals surface area contributed by atoms with Crippen molar-refractivity contribution in [3.05, 3.63) is 59.7 Å². The minimum atomic E-state index is -1.01. The number of hydrogen-bond acceptors (Lipinski definition) is 5. The van der Waals surface area contributed by atoms with Crippen molar-refractivity contribution in [3.63, 3.8) is 0 Å². The molecular formula is C18H18N4O3. The normalized spacial score (nSPS) is 10.5. The molecule has 0 unspecified atom stereocenters. The number of aryl methyl sites for hydroxylation is 1. The van der Waals surface area contributed by atoms with Gasteiger partial charge in [-0.3, -0.25) is 4.98 Å². The van der Waals surface area contributed by atoms with Gasteiger partial charge in [0.2, 0.25) is 0 Å². The average Bonchev–Trinajstić information content (AvgIpc) is 2.90. The third-order valence-corrected chi connectivity index (χ3v) is 3.92. The van der Waals surface area contributed by atoms with Crippen molar-refractivity contribution in [2.45, 2.75) is 13.8 Å². The topological polar surface area (TPSA) is 89.3 Å². The molecule has 1 aromatic carbocycles. The lowest BCUT2D eigenvalue weighted by Crippen LogP contribution is -2.04. The third kappa shape index (κ3) is 3.16. The zero-order valence-electron chi connectivity index (χ0n) is 14.1. The molecule has 0 spiro atoms. The van der Waals surface area contributed by atoms with Crippen LogP contribution in [0.3, 0.4) is 0 Å². The van der Waals surface area contributed by atoms with Gasteiger partial charge in [-0.05, 0) is 44.2 Å². The molecule has 0 saturated heterocycles. The molecule has 0 atom stereocenters. The minimum absolute atomic E-state index is 0.158. The van der Waals surface area contributed by atoms with E-state index in [1.807, 2.05) is 38.1 Å². The van der Waals surface area contributed by atoms with Gasteiger partial charge in [0.1, 0.15) is 5.75 Å². The molecule has 0 saturated carbocycles. The lowest BCUT2D eigenvalue weighted by Gasteiger charge is -2.10. The molecule has 7 heteroatoms. The van der Waals surface area contributed by atoms with Gasteiger partial charge in [0.05, 0.1) is 47.3 Å². The zero-order valence-corrected chi connectivity index (χ0v) is 14.1. The van der Waals surface area contributed by atoms with E-state index in [4.69, 9.17) is 4.74 Å². The number of nitrogens with one attached hydrogen (secondary N) is 1. The summed E-state index contributed by atoms with van der Waals surface area (Å²) in [6.45, 7) is 3.79. The molecule has 3 aromatic rings. The smallest absolute Gasteiger partial charge is 0.337 e. The van der Waals surface area contributed by atoms with Crippen LogP contribution >= 0.6 is 0 Å². The number of nitrogens with zero attached hydrogens (tertiary/aromatic N) is 3. The van der Waals surface area contributed by atoms with E-state index in [1.54, 1.807) is 11.8 Å². The molecule has 2 aromatic heterocycles. The van der Waals surface area contributed by atoms with Crippen LogP contribution in [0.2, 0.25) is 0 Å². The predicted octanol–water partition coefficient (Wildman–Crippen LogP) is 3.33. The first-order chi connectivity index (χ1) is 12.0. The maximum absolute atomic E-state index is 11.4. The number of benzene rings is 1. The molecule has 2 heterocycles. The van der Waals surface area contributed by atoms with E-state index in [-0.39, 0.29) is 5.56 Å². The van der Waals surface area contributed by atoms with E-state index >= 15 is 0 Å². The summed E-state index contributed by atoms with van der Waals surface area (Å²) < 4.78 is 6.97. The van der Waals surface area contributed by atoms with E-state index in [1.165, 1.54) is 18.5 Å². The van der Waals surface area contributed by atoms with Crippen molar-refractivity contribution in [2.24, 2.45) is 0 Å². The number of methoxy groups -OCH3 is 1. The van der Waals surface area contributed by atoms with E-state index in [0.29, 0.717) is 5.69 Å². The molecule has 0 radical (unpaired) electrons. The first kappa shape index (κ1) is 16.5. The average molecular weight is 338 g/mol. The van der Waals surface area contributed by atoms with Crippen LogP contribution in [0.1, 0.15) is 21.7 Å². The summed E-state index contributed by atoms with van der Waals surface area (Å²) in [4.78, 5) is 15.4. The number of carbonyl (C=O) groups is 1. The number of aromatic nitrogens is 3. The highest BCUT2D eigenvalue weighted by Crippen LogP contribution is 2.28. The van der Waals surface area contributed by atoms with Crippen LogP contribution in [-0.2, 0) is 0 Å². The number of anilines is 2. The Morgan fingerprint density at radius 2 is 1.92 bits per heavy atom. The molecule has 0 aliphatic heterocycles. The molecule has 0 bridgehead atoms. The van der Waals surface area contributed by atoms with Gasteiger partial charge in [-0.1, -0.05) is 0 Å². The number of ether oxygens (including phenoxy) is 1. The molecule has 25 heavy (non-hydrogen) atoms. The second-order valence-electron chi connectivity index (χ2n) is 5.51. The third-order valence-electron chi connectivity index (χ3n) is 3.92. The van der Waals surface area contributed by atoms with Crippen molar-refractivity contribution in [2.75, 3.05) is 12.4 Å². The number of pyridine rings is 1. The quantitative estimate of drug-likeness (QED) is 0.742. The first-order valence-electron chi connectivity index (χ1n) is 7.66. The standard InChI is InChI=1S/C18H18N4O3/c1-11-17(20-16-10-19-9-8-15(16)18(23)24)12(2)22(21-11)13-4-6-14(25-3)7-5-13/h4-10,20H,1-3H3,(H,23,24). The maximum Gasteiger partial charge on any atom is 0.337 e. The fourth-order valence-corrected chi connectivity index (χ4v) is 2.61. The van der Waals surface area contributed by atoms with Crippen LogP contribution in [-0.4, -0.2) is 33.0 Å². The Hall–Kier alpha value is -3.35. The number of rotatable bonds is 5. The molecule has 7 nitrogen and oxygen atoms in total. The summed E-state index contributed by atoms with van der Waals surface area (Å²) in [6, 6.07) is 9.01. The predicted molar refractivity (Wildman–Crippen MR) is 94.1 cm³/mol. The van der Waals surface area contributed by atoms with Gasteiger partial charge in [0.15, 0.2) is 0 Å². The van der Waals surface area contributed by atoms with Gasteiger partial charge in [0, 0.05) is 6.20 Å². The highest BCUT2D eigenvalue weighted by atomic mass is 16.5. The zero-order chi connectivity index (χ0) is 18.0. The minimum Gasteiger partial charge on any atom is -0.497 e. The van der Waals surface area contributed by atoms with Gasteiger partial charge in [-0.2, -0.15) is 5.10 Å². The second kappa shape index (κ2) is 6.64. The van der Waals surface area contributed by atoms with Crippen molar-refractivity contribution in [1.82, 2.24) is 14.8 Å². The molecule has 128 valence electrons. The van der Waals surface area contributed by atoms with E-state index < -0.39 is 5.97 Å². The Balaban J connectivity index is 1.99. The van der Waals surface area contributed by atoms with E-state index in [2.05, 4.69) is 15.4 Å². The van der Waals surface area contributed by atoms with Crippen LogP contribution in [0, 0.1) is 13.8 Å². The number of carboxylic acids is 1. The fourth-order valence-electron chi connectivity index (χ4n) is 2.61. The summed E-state index contributed by atoms with van der Waals surface area (Å²) in [6.07, 6.45) is 2.95. The maximum atomic E-state index is 11.4. The summed E-state index contributed by atoms with van der Waals surface area (Å²) in [5.74, 6) is -0.243. The van der Waals surface area contributed by atoms with Crippen LogP contribution in [0.25, 0.3) is 5.69 Å². The highest BCUT2D eigenvalue weighted by Gasteiger charge is 2.16. The Morgan fingerprint density at radius 3 is 2.56 bits per heavy atom. The van der Waals surface area contributed by atoms with E-state index in [9.17, 15) is 9.90 Å². The molecule has 0 amide bonds. The second-order valence-corrected chi connectivity index (χ2v) is 5.51. The van der Waals surface area contributed by atoms with Crippen molar-refractivity contribution < 1.29 is 14.6 Å². The van der Waals surface area contributed by atoms with Gasteiger partial charge < -0.3 is 15.2 Å². The van der Waals surface area contributed by atoms with Crippen LogP contribution in [0.15, 0.2) is 42.7 Å². The number of aromatic carboxylic acids is 1. The Morgan fingerprint density at radius 1 is 1.20 bits per heavy atom. The van der Waals surface area contributed by atoms with Crippen LogP contribution in [0.5, 0.6) is 5.75 Å². The summed E-state index contributed by atoms with van der Waals surface area (Å²) in [7, 11) is 1.62. The lowest BCUT2D eigenvalue weighted by molar-refractivity contribution is 0.0698. The van der Waals surface area contributed by atoms with Crippen LogP contribution < -0.4 is 10.1 Å². The lowest BCUT2D eigenvalue weighted by atomic mass is 10.2. The van der Waals surface area contributed by atoms with Gasteiger partial charge in [-0.25, -0.2) is 9.48 Å². The highest BCUT2D eigenvalue weighted by molar-refractivity contribution is 5.95. The fraction of sp³-hybridized carbons (Fsp3) is 0.167. The molecule has 0 aliphatic rings. The van der Waals surface area contributed by atoms with Crippen molar-refractivity contribution >= 4 is 17.3 Å². The Labute approximate surface area is 144 Å². The van der Waals surface area contributed by atoms with Crippen molar-refractivity contribution in [1.29, 1.82) is 0 Å². The SMILES string of the molecule is COc1ccc(-n2nc(C)c(Nc3cnccc3C(=O)O)c2C)cc1. The molecule has 3 rings (SSSR count). The molecular weight excluding hydrogens is 320 g/mol. The first-order valence-corrected chi connectivity index (χ1v) is 7.66. The molecule has 2 N–H and O–H groups in total. The number of hydrogen-bond donors (Lipinski definition) is 2. The van der Waals surface area contributed by atoms with Gasteiger partial charge >= 0.3 is 5.97 Å². The van der Waals surface area contributed by atoms with Gasteiger partial charge in [0.25, 0.3) is 0 Å². The van der Waals surface area contributed by atoms with Gasteiger partial charge in [-0.15, -0.1) is 0 Å². The van der Waals surface area contributed by atoms with E-state index in [0.717, 1.165) is 28.5 Å². The largest absolute Gasteiger partial charge is 0.497 e. The van der Waals surface area contributed by atoms with Crippen LogP contribution in [0.4, 0.5) is 11.4 Å². The van der Waals surface area contributed by atoms with Crippen molar-refractivity contribution in [3.8, 4) is 11.4 Å². The molecule has 0 fully saturated rings.